The standard InChI is InChI=1S/C15H33N3O2S/c1-6-16-11-15-8-7-9-18(12-15)21(19,20)17(5)14(4)10-13(2)3/h13-16H,6-12H2,1-5H3. The van der Waals surface area contributed by atoms with Crippen molar-refractivity contribution in [3.05, 3.63) is 0 Å². The van der Waals surface area contributed by atoms with Crippen LogP contribution < -0.4 is 5.32 Å². The van der Waals surface area contributed by atoms with Crippen LogP contribution in [-0.4, -0.2) is 56.3 Å². The summed E-state index contributed by atoms with van der Waals surface area (Å²) in [7, 11) is -1.61. The molecule has 0 bridgehead atoms. The summed E-state index contributed by atoms with van der Waals surface area (Å²) in [5, 5.41) is 3.33. The average molecular weight is 320 g/mol. The zero-order chi connectivity index (χ0) is 16.0. The fourth-order valence-corrected chi connectivity index (χ4v) is 4.66. The van der Waals surface area contributed by atoms with E-state index in [2.05, 4.69) is 26.1 Å². The number of hydrogen-bond acceptors (Lipinski definition) is 3. The van der Waals surface area contributed by atoms with Crippen LogP contribution in [0, 0.1) is 11.8 Å². The van der Waals surface area contributed by atoms with Crippen LogP contribution in [0.3, 0.4) is 0 Å². The SMILES string of the molecule is CCNCC1CCCN(S(=O)(=O)N(C)C(C)CC(C)C)C1. The molecule has 0 radical (unpaired) electrons. The van der Waals surface area contributed by atoms with Gasteiger partial charge in [0.15, 0.2) is 0 Å². The highest BCUT2D eigenvalue weighted by Gasteiger charge is 2.33. The van der Waals surface area contributed by atoms with Crippen molar-refractivity contribution >= 4 is 10.2 Å². The van der Waals surface area contributed by atoms with E-state index in [9.17, 15) is 8.42 Å². The number of nitrogens with one attached hydrogen (secondary N) is 1. The van der Waals surface area contributed by atoms with Gasteiger partial charge in [0, 0.05) is 26.2 Å². The molecule has 0 spiro atoms. The molecule has 5 nitrogen and oxygen atoms in total. The van der Waals surface area contributed by atoms with E-state index in [4.69, 9.17) is 0 Å². The normalized spacial score (nSPS) is 22.9. The topological polar surface area (TPSA) is 52.7 Å². The van der Waals surface area contributed by atoms with Gasteiger partial charge in [-0.15, -0.1) is 0 Å². The molecule has 2 unspecified atom stereocenters. The van der Waals surface area contributed by atoms with Crippen molar-refractivity contribution in [2.75, 3.05) is 33.2 Å². The van der Waals surface area contributed by atoms with Crippen LogP contribution in [0.25, 0.3) is 0 Å². The second-order valence-corrected chi connectivity index (χ2v) is 8.66. The Balaban J connectivity index is 2.67. The third kappa shape index (κ3) is 5.51. The second kappa shape index (κ2) is 8.46. The number of rotatable bonds is 8. The second-order valence-electron chi connectivity index (χ2n) is 6.68. The van der Waals surface area contributed by atoms with Gasteiger partial charge in [0.2, 0.25) is 0 Å². The predicted molar refractivity (Wildman–Crippen MR) is 88.4 cm³/mol. The van der Waals surface area contributed by atoms with Gasteiger partial charge in [-0.2, -0.15) is 17.0 Å². The highest BCUT2D eigenvalue weighted by Crippen LogP contribution is 2.22. The molecule has 1 aliphatic rings. The van der Waals surface area contributed by atoms with Crippen LogP contribution in [-0.2, 0) is 10.2 Å². The first-order valence-corrected chi connectivity index (χ1v) is 9.62. The number of piperidine rings is 1. The van der Waals surface area contributed by atoms with Crippen molar-refractivity contribution in [2.45, 2.75) is 53.0 Å². The van der Waals surface area contributed by atoms with E-state index in [0.717, 1.165) is 32.4 Å². The molecule has 0 aromatic rings. The molecule has 21 heavy (non-hydrogen) atoms. The molecule has 6 heteroatoms. The van der Waals surface area contributed by atoms with E-state index in [1.54, 1.807) is 15.7 Å². The Bertz CT molecular complexity index is 398. The van der Waals surface area contributed by atoms with Crippen molar-refractivity contribution in [1.82, 2.24) is 13.9 Å². The first-order valence-electron chi connectivity index (χ1n) is 8.22. The van der Waals surface area contributed by atoms with Crippen molar-refractivity contribution in [2.24, 2.45) is 11.8 Å². The molecule has 0 amide bonds. The van der Waals surface area contributed by atoms with Gasteiger partial charge in [-0.3, -0.25) is 0 Å². The fourth-order valence-electron chi connectivity index (χ4n) is 2.99. The Labute approximate surface area is 131 Å². The summed E-state index contributed by atoms with van der Waals surface area (Å²) in [6.07, 6.45) is 2.97. The summed E-state index contributed by atoms with van der Waals surface area (Å²) < 4.78 is 28.8. The van der Waals surface area contributed by atoms with Gasteiger partial charge in [-0.05, 0) is 51.1 Å². The summed E-state index contributed by atoms with van der Waals surface area (Å²) >= 11 is 0. The molecule has 1 fully saturated rings. The number of nitrogens with zero attached hydrogens (tertiary/aromatic N) is 2. The lowest BCUT2D eigenvalue weighted by Gasteiger charge is -2.36. The van der Waals surface area contributed by atoms with Crippen LogP contribution >= 0.6 is 0 Å². The molecule has 0 aromatic carbocycles. The Morgan fingerprint density at radius 3 is 2.57 bits per heavy atom. The summed E-state index contributed by atoms with van der Waals surface area (Å²) in [6, 6.07) is 0.0455. The van der Waals surface area contributed by atoms with E-state index in [1.807, 2.05) is 6.92 Å². The predicted octanol–water partition coefficient (Wildman–Crippen LogP) is 1.92. The largest absolute Gasteiger partial charge is 0.317 e. The third-order valence-corrected chi connectivity index (χ3v) is 6.36. The maximum absolute atomic E-state index is 12.8. The summed E-state index contributed by atoms with van der Waals surface area (Å²) in [5.74, 6) is 0.933. The smallest absolute Gasteiger partial charge is 0.281 e. The van der Waals surface area contributed by atoms with Crippen LogP contribution in [0.2, 0.25) is 0 Å². The molecule has 1 heterocycles. The molecule has 1 aliphatic heterocycles. The van der Waals surface area contributed by atoms with Gasteiger partial charge in [-0.1, -0.05) is 20.8 Å². The van der Waals surface area contributed by atoms with Crippen molar-refractivity contribution < 1.29 is 8.42 Å². The zero-order valence-electron chi connectivity index (χ0n) is 14.3. The minimum Gasteiger partial charge on any atom is -0.317 e. The highest BCUT2D eigenvalue weighted by atomic mass is 32.2. The Hall–Kier alpha value is -0.170. The maximum atomic E-state index is 12.8. The van der Waals surface area contributed by atoms with Crippen molar-refractivity contribution in [3.63, 3.8) is 0 Å². The van der Waals surface area contributed by atoms with Crippen molar-refractivity contribution in [3.8, 4) is 0 Å². The molecule has 0 aromatic heterocycles. The first kappa shape index (κ1) is 18.9. The van der Waals surface area contributed by atoms with Crippen molar-refractivity contribution in [1.29, 1.82) is 0 Å². The Morgan fingerprint density at radius 1 is 1.33 bits per heavy atom. The van der Waals surface area contributed by atoms with Gasteiger partial charge in [-0.25, -0.2) is 0 Å². The van der Waals surface area contributed by atoms with E-state index < -0.39 is 10.2 Å². The summed E-state index contributed by atoms with van der Waals surface area (Å²) in [6.45, 7) is 11.5. The molecule has 2 atom stereocenters. The van der Waals surface area contributed by atoms with Crippen LogP contribution in [0.15, 0.2) is 0 Å². The number of hydrogen-bond donors (Lipinski definition) is 1. The lowest BCUT2D eigenvalue weighted by molar-refractivity contribution is 0.235. The van der Waals surface area contributed by atoms with Gasteiger partial charge in [0.1, 0.15) is 0 Å². The molecule has 0 saturated carbocycles. The highest BCUT2D eigenvalue weighted by molar-refractivity contribution is 7.86. The lowest BCUT2D eigenvalue weighted by Crippen LogP contribution is -2.50. The monoisotopic (exact) mass is 319 g/mol. The minimum absolute atomic E-state index is 0.0455. The van der Waals surface area contributed by atoms with E-state index in [-0.39, 0.29) is 6.04 Å². The molecular weight excluding hydrogens is 286 g/mol. The fraction of sp³-hybridized carbons (Fsp3) is 1.00. The van der Waals surface area contributed by atoms with Gasteiger partial charge < -0.3 is 5.32 Å². The third-order valence-electron chi connectivity index (χ3n) is 4.29. The minimum atomic E-state index is -3.33. The summed E-state index contributed by atoms with van der Waals surface area (Å²) in [5.41, 5.74) is 0. The van der Waals surface area contributed by atoms with Gasteiger partial charge in [0.25, 0.3) is 10.2 Å². The average Bonchev–Trinajstić information content (AvgIpc) is 2.43. The summed E-state index contributed by atoms with van der Waals surface area (Å²) in [4.78, 5) is 0. The lowest BCUT2D eigenvalue weighted by atomic mass is 10.00. The maximum Gasteiger partial charge on any atom is 0.281 e. The quantitative estimate of drug-likeness (QED) is 0.743. The van der Waals surface area contributed by atoms with E-state index in [1.165, 1.54) is 0 Å². The molecule has 126 valence electrons. The Kier molecular flexibility index (Phi) is 7.60. The molecular formula is C15H33N3O2S. The molecule has 1 saturated heterocycles. The van der Waals surface area contributed by atoms with E-state index in [0.29, 0.717) is 24.9 Å². The van der Waals surface area contributed by atoms with Gasteiger partial charge >= 0.3 is 0 Å². The van der Waals surface area contributed by atoms with Crippen LogP contribution in [0.1, 0.15) is 47.0 Å². The zero-order valence-corrected chi connectivity index (χ0v) is 15.1. The Morgan fingerprint density at radius 2 is 2.00 bits per heavy atom. The molecule has 1 rings (SSSR count). The molecule has 0 aliphatic carbocycles. The van der Waals surface area contributed by atoms with E-state index >= 15 is 0 Å². The molecule has 1 N–H and O–H groups in total. The van der Waals surface area contributed by atoms with Crippen LogP contribution in [0.5, 0.6) is 0 Å². The van der Waals surface area contributed by atoms with Gasteiger partial charge in [0.05, 0.1) is 0 Å². The first-order chi connectivity index (χ1) is 9.78. The van der Waals surface area contributed by atoms with Crippen LogP contribution in [0.4, 0.5) is 0 Å².